The van der Waals surface area contributed by atoms with Crippen LogP contribution in [-0.2, 0) is 9.47 Å². The Morgan fingerprint density at radius 1 is 1.24 bits per heavy atom. The largest absolute Gasteiger partial charge is 0.507 e. The molecular weight excluding hydrogens is 238 g/mol. The van der Waals surface area contributed by atoms with Crippen molar-refractivity contribution in [1.82, 2.24) is 4.98 Å². The highest BCUT2D eigenvalue weighted by atomic mass is 32.1. The molecule has 1 heterocycles. The zero-order chi connectivity index (χ0) is 12.3. The number of hydrogen-bond acceptors (Lipinski definition) is 5. The van der Waals surface area contributed by atoms with Crippen molar-refractivity contribution in [3.63, 3.8) is 0 Å². The van der Waals surface area contributed by atoms with Crippen LogP contribution in [0, 0.1) is 0 Å². The summed E-state index contributed by atoms with van der Waals surface area (Å²) in [6, 6.07) is 7.10. The Balaban J connectivity index is 2.33. The Hall–Kier alpha value is -1.43. The quantitative estimate of drug-likeness (QED) is 0.849. The molecule has 0 radical (unpaired) electrons. The normalized spacial score (nSPS) is 11.0. The van der Waals surface area contributed by atoms with Gasteiger partial charge in [0.25, 0.3) is 0 Å². The standard InChI is InChI=1S/C12H13NO3S/c1-15-12(16-2)9-7-17-11(13-9)8-5-3-4-6-10(8)14/h3-7,12,14H,1-2H3. The summed E-state index contributed by atoms with van der Waals surface area (Å²) in [6.45, 7) is 0. The van der Waals surface area contributed by atoms with E-state index in [0.29, 0.717) is 5.69 Å². The molecule has 2 rings (SSSR count). The first kappa shape index (κ1) is 12.0. The van der Waals surface area contributed by atoms with Crippen LogP contribution in [0.1, 0.15) is 12.0 Å². The van der Waals surface area contributed by atoms with Gasteiger partial charge in [0.05, 0.1) is 5.56 Å². The minimum absolute atomic E-state index is 0.222. The molecular formula is C12H13NO3S. The Kier molecular flexibility index (Phi) is 3.73. The van der Waals surface area contributed by atoms with Gasteiger partial charge in [-0.05, 0) is 12.1 Å². The molecule has 17 heavy (non-hydrogen) atoms. The molecule has 2 aromatic rings. The van der Waals surface area contributed by atoms with Gasteiger partial charge in [-0.1, -0.05) is 12.1 Å². The van der Waals surface area contributed by atoms with Crippen molar-refractivity contribution in [1.29, 1.82) is 0 Å². The van der Waals surface area contributed by atoms with E-state index in [0.717, 1.165) is 10.6 Å². The van der Waals surface area contributed by atoms with Crippen LogP contribution >= 0.6 is 11.3 Å². The van der Waals surface area contributed by atoms with Gasteiger partial charge in [0.2, 0.25) is 6.29 Å². The van der Waals surface area contributed by atoms with E-state index in [-0.39, 0.29) is 5.75 Å². The molecule has 0 saturated heterocycles. The lowest BCUT2D eigenvalue weighted by Gasteiger charge is -2.09. The number of para-hydroxylation sites is 1. The maximum Gasteiger partial charge on any atom is 0.201 e. The van der Waals surface area contributed by atoms with Gasteiger partial charge >= 0.3 is 0 Å². The minimum Gasteiger partial charge on any atom is -0.507 e. The van der Waals surface area contributed by atoms with Gasteiger partial charge in [0.15, 0.2) is 0 Å². The van der Waals surface area contributed by atoms with Crippen LogP contribution in [0.5, 0.6) is 5.75 Å². The SMILES string of the molecule is COC(OC)c1csc(-c2ccccc2O)n1. The highest BCUT2D eigenvalue weighted by Gasteiger charge is 2.15. The number of benzene rings is 1. The molecule has 5 heteroatoms. The first-order chi connectivity index (χ1) is 8.26. The second kappa shape index (κ2) is 5.27. The molecule has 0 aliphatic carbocycles. The Morgan fingerprint density at radius 3 is 2.59 bits per heavy atom. The van der Waals surface area contributed by atoms with E-state index in [1.807, 2.05) is 17.5 Å². The number of aromatic hydroxyl groups is 1. The third kappa shape index (κ3) is 2.46. The average molecular weight is 251 g/mol. The van der Waals surface area contributed by atoms with Gasteiger partial charge < -0.3 is 14.6 Å². The fraction of sp³-hybridized carbons (Fsp3) is 0.250. The summed E-state index contributed by atoms with van der Waals surface area (Å²) in [4.78, 5) is 4.39. The lowest BCUT2D eigenvalue weighted by Crippen LogP contribution is -2.03. The first-order valence-electron chi connectivity index (χ1n) is 5.05. The lowest BCUT2D eigenvalue weighted by molar-refractivity contribution is -0.108. The van der Waals surface area contributed by atoms with Gasteiger partial charge in [-0.15, -0.1) is 11.3 Å². The highest BCUT2D eigenvalue weighted by Crippen LogP contribution is 2.32. The van der Waals surface area contributed by atoms with Gasteiger partial charge in [0.1, 0.15) is 16.5 Å². The van der Waals surface area contributed by atoms with E-state index < -0.39 is 6.29 Å². The monoisotopic (exact) mass is 251 g/mol. The van der Waals surface area contributed by atoms with Gasteiger partial charge in [-0.3, -0.25) is 0 Å². The molecule has 90 valence electrons. The van der Waals surface area contributed by atoms with Crippen LogP contribution in [0.4, 0.5) is 0 Å². The third-order valence-corrected chi connectivity index (χ3v) is 3.22. The molecule has 0 saturated carbocycles. The van der Waals surface area contributed by atoms with Crippen LogP contribution in [0.3, 0.4) is 0 Å². The van der Waals surface area contributed by atoms with Crippen molar-refractivity contribution in [3.05, 3.63) is 35.3 Å². The third-order valence-electron chi connectivity index (χ3n) is 2.33. The van der Waals surface area contributed by atoms with Gasteiger partial charge in [-0.2, -0.15) is 0 Å². The summed E-state index contributed by atoms with van der Waals surface area (Å²) >= 11 is 1.44. The lowest BCUT2D eigenvalue weighted by atomic mass is 10.2. The van der Waals surface area contributed by atoms with E-state index in [1.165, 1.54) is 11.3 Å². The molecule has 0 fully saturated rings. The summed E-state index contributed by atoms with van der Waals surface area (Å²) in [5.41, 5.74) is 1.42. The van der Waals surface area contributed by atoms with Gasteiger partial charge in [0, 0.05) is 19.6 Å². The second-order valence-corrected chi connectivity index (χ2v) is 4.26. The summed E-state index contributed by atoms with van der Waals surface area (Å²) < 4.78 is 10.2. The highest BCUT2D eigenvalue weighted by molar-refractivity contribution is 7.13. The van der Waals surface area contributed by atoms with Crippen LogP contribution in [0.2, 0.25) is 0 Å². The van der Waals surface area contributed by atoms with Crippen molar-refractivity contribution >= 4 is 11.3 Å². The number of ether oxygens (including phenoxy) is 2. The molecule has 0 amide bonds. The van der Waals surface area contributed by atoms with Crippen molar-refractivity contribution in [2.75, 3.05) is 14.2 Å². The molecule has 0 bridgehead atoms. The predicted octanol–water partition coefficient (Wildman–Crippen LogP) is 2.81. The molecule has 1 N–H and O–H groups in total. The van der Waals surface area contributed by atoms with Crippen LogP contribution in [-0.4, -0.2) is 24.3 Å². The minimum atomic E-state index is -0.467. The average Bonchev–Trinajstić information content (AvgIpc) is 2.81. The van der Waals surface area contributed by atoms with Crippen LogP contribution < -0.4 is 0 Å². The molecule has 1 aromatic heterocycles. The molecule has 0 aliphatic heterocycles. The van der Waals surface area contributed by atoms with Crippen molar-refractivity contribution in [2.24, 2.45) is 0 Å². The topological polar surface area (TPSA) is 51.6 Å². The Labute approximate surface area is 103 Å². The van der Waals surface area contributed by atoms with Crippen molar-refractivity contribution in [3.8, 4) is 16.3 Å². The fourth-order valence-corrected chi connectivity index (χ4v) is 2.36. The molecule has 0 unspecified atom stereocenters. The number of aromatic nitrogens is 1. The Morgan fingerprint density at radius 2 is 1.94 bits per heavy atom. The summed E-state index contributed by atoms with van der Waals surface area (Å²) in [6.07, 6.45) is -0.467. The van der Waals surface area contributed by atoms with Gasteiger partial charge in [-0.25, -0.2) is 4.98 Å². The van der Waals surface area contributed by atoms with E-state index >= 15 is 0 Å². The predicted molar refractivity (Wildman–Crippen MR) is 66.0 cm³/mol. The number of thiazole rings is 1. The Bertz CT molecular complexity index is 494. The van der Waals surface area contributed by atoms with Crippen molar-refractivity contribution < 1.29 is 14.6 Å². The van der Waals surface area contributed by atoms with E-state index in [1.54, 1.807) is 26.4 Å². The zero-order valence-corrected chi connectivity index (χ0v) is 10.4. The summed E-state index contributed by atoms with van der Waals surface area (Å²) in [5.74, 6) is 0.222. The first-order valence-corrected chi connectivity index (χ1v) is 5.93. The van der Waals surface area contributed by atoms with E-state index in [9.17, 15) is 5.11 Å². The van der Waals surface area contributed by atoms with Crippen LogP contribution in [0.25, 0.3) is 10.6 Å². The fourth-order valence-electron chi connectivity index (χ4n) is 1.51. The number of nitrogens with zero attached hydrogens (tertiary/aromatic N) is 1. The number of phenols is 1. The summed E-state index contributed by atoms with van der Waals surface area (Å²) in [5, 5.41) is 12.3. The smallest absolute Gasteiger partial charge is 0.201 e. The number of methoxy groups -OCH3 is 2. The molecule has 0 spiro atoms. The zero-order valence-electron chi connectivity index (χ0n) is 9.58. The van der Waals surface area contributed by atoms with E-state index in [2.05, 4.69) is 4.98 Å². The molecule has 1 aromatic carbocycles. The maximum atomic E-state index is 9.73. The number of hydrogen-bond donors (Lipinski definition) is 1. The molecule has 0 atom stereocenters. The number of phenolic OH excluding ortho intramolecular Hbond substituents is 1. The summed E-state index contributed by atoms with van der Waals surface area (Å²) in [7, 11) is 3.13. The second-order valence-electron chi connectivity index (χ2n) is 3.40. The maximum absolute atomic E-state index is 9.73. The van der Waals surface area contributed by atoms with Crippen LogP contribution in [0.15, 0.2) is 29.6 Å². The van der Waals surface area contributed by atoms with Crippen molar-refractivity contribution in [2.45, 2.75) is 6.29 Å². The van der Waals surface area contributed by atoms with E-state index in [4.69, 9.17) is 9.47 Å². The molecule has 0 aliphatic rings. The molecule has 4 nitrogen and oxygen atoms in total. The number of rotatable bonds is 4.